The Kier molecular flexibility index (Phi) is 7.33. The third kappa shape index (κ3) is 5.59. The van der Waals surface area contributed by atoms with Gasteiger partial charge >= 0.3 is 0 Å². The van der Waals surface area contributed by atoms with Gasteiger partial charge in [0.25, 0.3) is 0 Å². The summed E-state index contributed by atoms with van der Waals surface area (Å²) in [5.74, 6) is -0.235. The molecule has 1 saturated heterocycles. The molecule has 0 bridgehead atoms. The molecule has 0 saturated carbocycles. The van der Waals surface area contributed by atoms with Gasteiger partial charge in [-0.05, 0) is 67.6 Å². The maximum absolute atomic E-state index is 12.8. The quantitative estimate of drug-likeness (QED) is 0.685. The highest BCUT2D eigenvalue weighted by Gasteiger charge is 2.32. The smallest absolute Gasteiger partial charge is 0.243 e. The number of benzene rings is 2. The van der Waals surface area contributed by atoms with Crippen molar-refractivity contribution in [3.8, 4) is 0 Å². The van der Waals surface area contributed by atoms with E-state index in [0.717, 1.165) is 24.9 Å². The minimum absolute atomic E-state index is 0.0464. The molecule has 1 fully saturated rings. The zero-order valence-corrected chi connectivity index (χ0v) is 18.2. The van der Waals surface area contributed by atoms with E-state index in [-0.39, 0.29) is 16.7 Å². The van der Waals surface area contributed by atoms with Crippen LogP contribution in [0.1, 0.15) is 38.2 Å². The Bertz CT molecular complexity index is 920. The number of hydrogen-bond acceptors (Lipinski definition) is 3. The number of anilines is 1. The number of carbonyl (C=O) groups is 1. The Hall–Kier alpha value is -1.89. The van der Waals surface area contributed by atoms with E-state index in [1.54, 1.807) is 12.1 Å². The summed E-state index contributed by atoms with van der Waals surface area (Å²) in [5, 5.41) is 3.46. The van der Waals surface area contributed by atoms with E-state index in [1.165, 1.54) is 22.0 Å². The van der Waals surface area contributed by atoms with E-state index in [1.807, 2.05) is 24.3 Å². The zero-order valence-electron chi connectivity index (χ0n) is 16.6. The van der Waals surface area contributed by atoms with Crippen LogP contribution in [-0.4, -0.2) is 31.7 Å². The van der Waals surface area contributed by atoms with Crippen molar-refractivity contribution in [3.63, 3.8) is 0 Å². The highest BCUT2D eigenvalue weighted by Crippen LogP contribution is 2.25. The standard InChI is InChI=1S/C22H27ClN2O3S/c1-2-3-4-17-5-9-20(10-6-17)24-22(26)18-13-15-25(16-14-18)29(27,28)21-11-7-19(23)8-12-21/h5-12,18H,2-4,13-16H2,1H3,(H,24,26). The van der Waals surface area contributed by atoms with Gasteiger partial charge in [-0.15, -0.1) is 0 Å². The van der Waals surface area contributed by atoms with Crippen molar-refractivity contribution < 1.29 is 13.2 Å². The van der Waals surface area contributed by atoms with Crippen molar-refractivity contribution in [2.45, 2.75) is 43.9 Å². The molecule has 5 nitrogen and oxygen atoms in total. The number of carbonyl (C=O) groups excluding carboxylic acids is 1. The van der Waals surface area contributed by atoms with Crippen molar-refractivity contribution in [3.05, 3.63) is 59.1 Å². The average Bonchev–Trinajstić information content (AvgIpc) is 2.73. The first kappa shape index (κ1) is 21.8. The number of unbranched alkanes of at least 4 members (excludes halogenated alkanes) is 1. The Morgan fingerprint density at radius 3 is 2.28 bits per heavy atom. The maximum atomic E-state index is 12.8. The van der Waals surface area contributed by atoms with E-state index >= 15 is 0 Å². The fraction of sp³-hybridized carbons (Fsp3) is 0.409. The van der Waals surface area contributed by atoms with Crippen LogP contribution in [0.5, 0.6) is 0 Å². The van der Waals surface area contributed by atoms with Crippen molar-refractivity contribution in [2.75, 3.05) is 18.4 Å². The summed E-state index contributed by atoms with van der Waals surface area (Å²) < 4.78 is 27.0. The Labute approximate surface area is 178 Å². The average molecular weight is 435 g/mol. The van der Waals surface area contributed by atoms with Crippen LogP contribution in [0.4, 0.5) is 5.69 Å². The van der Waals surface area contributed by atoms with Crippen LogP contribution in [0.15, 0.2) is 53.4 Å². The highest BCUT2D eigenvalue weighted by molar-refractivity contribution is 7.89. The van der Waals surface area contributed by atoms with Crippen LogP contribution >= 0.6 is 11.6 Å². The molecule has 0 aliphatic carbocycles. The van der Waals surface area contributed by atoms with E-state index < -0.39 is 10.0 Å². The van der Waals surface area contributed by atoms with Crippen LogP contribution < -0.4 is 5.32 Å². The molecule has 7 heteroatoms. The molecule has 0 spiro atoms. The van der Waals surface area contributed by atoms with Gasteiger partial charge in [0.2, 0.25) is 15.9 Å². The van der Waals surface area contributed by atoms with Gasteiger partial charge in [-0.3, -0.25) is 4.79 Å². The van der Waals surface area contributed by atoms with E-state index in [2.05, 4.69) is 12.2 Å². The largest absolute Gasteiger partial charge is 0.326 e. The normalized spacial score (nSPS) is 15.9. The molecule has 3 rings (SSSR count). The van der Waals surface area contributed by atoms with Crippen LogP contribution in [0.2, 0.25) is 5.02 Å². The minimum Gasteiger partial charge on any atom is -0.326 e. The summed E-state index contributed by atoms with van der Waals surface area (Å²) >= 11 is 5.85. The van der Waals surface area contributed by atoms with Gasteiger partial charge in [0.05, 0.1) is 4.90 Å². The number of sulfonamides is 1. The fourth-order valence-electron chi connectivity index (χ4n) is 3.49. The number of hydrogen-bond donors (Lipinski definition) is 1. The number of piperidine rings is 1. The molecule has 2 aromatic rings. The van der Waals surface area contributed by atoms with Crippen LogP contribution in [0.3, 0.4) is 0 Å². The third-order valence-corrected chi connectivity index (χ3v) is 7.48. The van der Waals surface area contributed by atoms with E-state index in [0.29, 0.717) is 31.0 Å². The van der Waals surface area contributed by atoms with Crippen molar-refractivity contribution in [1.82, 2.24) is 4.31 Å². The SMILES string of the molecule is CCCCc1ccc(NC(=O)C2CCN(S(=O)(=O)c3ccc(Cl)cc3)CC2)cc1. The topological polar surface area (TPSA) is 66.5 Å². The first-order chi connectivity index (χ1) is 13.9. The number of amides is 1. The molecule has 0 radical (unpaired) electrons. The molecule has 0 aromatic heterocycles. The van der Waals surface area contributed by atoms with Crippen LogP contribution in [-0.2, 0) is 21.2 Å². The predicted molar refractivity (Wildman–Crippen MR) is 117 cm³/mol. The van der Waals surface area contributed by atoms with Gasteiger partial charge in [0.1, 0.15) is 0 Å². The van der Waals surface area contributed by atoms with Gasteiger partial charge < -0.3 is 5.32 Å². The number of nitrogens with zero attached hydrogens (tertiary/aromatic N) is 1. The summed E-state index contributed by atoms with van der Waals surface area (Å²) in [6.07, 6.45) is 4.37. The van der Waals surface area contributed by atoms with E-state index in [9.17, 15) is 13.2 Å². The summed E-state index contributed by atoms with van der Waals surface area (Å²) in [6.45, 7) is 2.83. The molecule has 29 heavy (non-hydrogen) atoms. The molecular formula is C22H27ClN2O3S. The molecule has 1 heterocycles. The molecule has 0 unspecified atom stereocenters. The van der Waals surface area contributed by atoms with Gasteiger partial charge in [0, 0.05) is 29.7 Å². The van der Waals surface area contributed by atoms with E-state index in [4.69, 9.17) is 11.6 Å². The number of aryl methyl sites for hydroxylation is 1. The molecular weight excluding hydrogens is 408 g/mol. The molecule has 1 aliphatic heterocycles. The van der Waals surface area contributed by atoms with Crippen LogP contribution in [0.25, 0.3) is 0 Å². The second-order valence-electron chi connectivity index (χ2n) is 7.42. The van der Waals surface area contributed by atoms with Crippen molar-refractivity contribution in [1.29, 1.82) is 0 Å². The lowest BCUT2D eigenvalue weighted by Gasteiger charge is -2.30. The monoisotopic (exact) mass is 434 g/mol. The van der Waals surface area contributed by atoms with Gasteiger partial charge in [-0.2, -0.15) is 4.31 Å². The first-order valence-electron chi connectivity index (χ1n) is 10.1. The third-order valence-electron chi connectivity index (χ3n) is 5.32. The lowest BCUT2D eigenvalue weighted by molar-refractivity contribution is -0.120. The Morgan fingerprint density at radius 2 is 1.69 bits per heavy atom. The second kappa shape index (κ2) is 9.74. The Balaban J connectivity index is 1.54. The van der Waals surface area contributed by atoms with Gasteiger partial charge in [-0.25, -0.2) is 8.42 Å². The molecule has 1 aliphatic rings. The van der Waals surface area contributed by atoms with Crippen LogP contribution in [0, 0.1) is 5.92 Å². The molecule has 1 N–H and O–H groups in total. The summed E-state index contributed by atoms with van der Waals surface area (Å²) in [7, 11) is -3.56. The van der Waals surface area contributed by atoms with Crippen molar-refractivity contribution >= 4 is 33.2 Å². The lowest BCUT2D eigenvalue weighted by atomic mass is 9.97. The summed E-state index contributed by atoms with van der Waals surface area (Å²) in [5.41, 5.74) is 2.05. The highest BCUT2D eigenvalue weighted by atomic mass is 35.5. The number of halogens is 1. The van der Waals surface area contributed by atoms with Crippen molar-refractivity contribution in [2.24, 2.45) is 5.92 Å². The molecule has 156 valence electrons. The number of rotatable bonds is 7. The summed E-state index contributed by atoms with van der Waals surface area (Å²) in [6, 6.07) is 14.1. The lowest BCUT2D eigenvalue weighted by Crippen LogP contribution is -2.41. The minimum atomic E-state index is -3.56. The predicted octanol–water partition coefficient (Wildman–Crippen LogP) is 4.72. The van der Waals surface area contributed by atoms with Gasteiger partial charge in [-0.1, -0.05) is 37.1 Å². The second-order valence-corrected chi connectivity index (χ2v) is 9.80. The maximum Gasteiger partial charge on any atom is 0.243 e. The summed E-state index contributed by atoms with van der Waals surface area (Å²) in [4.78, 5) is 12.8. The number of nitrogens with one attached hydrogen (secondary N) is 1. The zero-order chi connectivity index (χ0) is 20.9. The fourth-order valence-corrected chi connectivity index (χ4v) is 5.09. The Morgan fingerprint density at radius 1 is 1.07 bits per heavy atom. The first-order valence-corrected chi connectivity index (χ1v) is 11.9. The molecule has 2 aromatic carbocycles. The van der Waals surface area contributed by atoms with Gasteiger partial charge in [0.15, 0.2) is 0 Å². The molecule has 0 atom stereocenters. The molecule has 1 amide bonds.